The van der Waals surface area contributed by atoms with E-state index >= 15 is 0 Å². The lowest BCUT2D eigenvalue weighted by Gasteiger charge is -1.99. The Balaban J connectivity index is 2.45. The summed E-state index contributed by atoms with van der Waals surface area (Å²) in [5.74, 6) is 0.734. The Kier molecular flexibility index (Phi) is 2.69. The third kappa shape index (κ3) is 1.60. The second-order valence-electron chi connectivity index (χ2n) is 2.86. The number of hydrogen-bond acceptors (Lipinski definition) is 4. The van der Waals surface area contributed by atoms with Crippen LogP contribution in [0.2, 0.25) is 0 Å². The van der Waals surface area contributed by atoms with E-state index in [0.29, 0.717) is 13.1 Å². The van der Waals surface area contributed by atoms with E-state index in [9.17, 15) is 0 Å². The number of fused-ring (bicyclic) bond motifs is 1. The van der Waals surface area contributed by atoms with Gasteiger partial charge in [0.2, 0.25) is 0 Å². The molecule has 2 aromatic rings. The van der Waals surface area contributed by atoms with Crippen molar-refractivity contribution < 1.29 is 4.52 Å². The molecule has 1 aromatic carbocycles. The van der Waals surface area contributed by atoms with Crippen molar-refractivity contribution >= 4 is 32.7 Å². The molecule has 4 nitrogen and oxygen atoms in total. The Labute approximate surface area is 89.6 Å². The number of rotatable bonds is 3. The maximum Gasteiger partial charge on any atom is 0.178 e. The predicted molar refractivity (Wildman–Crippen MR) is 59.3 cm³/mol. The summed E-state index contributed by atoms with van der Waals surface area (Å²) in [7, 11) is 0. The first-order valence-corrected chi connectivity index (χ1v) is 5.10. The number of nitrogens with one attached hydrogen (secondary N) is 1. The Morgan fingerprint density at radius 2 is 2.36 bits per heavy atom. The highest BCUT2D eigenvalue weighted by Gasteiger charge is 2.09. The van der Waals surface area contributed by atoms with Crippen molar-refractivity contribution in [2.45, 2.75) is 0 Å². The minimum absolute atomic E-state index is 0.568. The second-order valence-corrected chi connectivity index (χ2v) is 3.71. The van der Waals surface area contributed by atoms with Crippen molar-refractivity contribution in [1.82, 2.24) is 5.16 Å². The summed E-state index contributed by atoms with van der Waals surface area (Å²) in [6, 6.07) is 5.73. The molecule has 0 radical (unpaired) electrons. The second kappa shape index (κ2) is 3.98. The molecule has 0 aliphatic carbocycles. The monoisotopic (exact) mass is 255 g/mol. The molecule has 0 aliphatic rings. The fourth-order valence-electron chi connectivity index (χ4n) is 1.26. The molecular weight excluding hydrogens is 246 g/mol. The zero-order chi connectivity index (χ0) is 9.97. The van der Waals surface area contributed by atoms with E-state index in [-0.39, 0.29) is 0 Å². The SMILES string of the molecule is NCCNc1noc2cccc(Br)c12. The van der Waals surface area contributed by atoms with Crippen molar-refractivity contribution in [3.8, 4) is 0 Å². The molecule has 0 bridgehead atoms. The van der Waals surface area contributed by atoms with Gasteiger partial charge in [-0.3, -0.25) is 0 Å². The van der Waals surface area contributed by atoms with Crippen LogP contribution in [-0.4, -0.2) is 18.2 Å². The molecular formula is C9H10BrN3O. The van der Waals surface area contributed by atoms with Crippen LogP contribution in [0.5, 0.6) is 0 Å². The number of anilines is 1. The number of nitrogens with two attached hydrogens (primary N) is 1. The molecule has 0 fully saturated rings. The molecule has 0 atom stereocenters. The Hall–Kier alpha value is -1.07. The normalized spacial score (nSPS) is 10.7. The fraction of sp³-hybridized carbons (Fsp3) is 0.222. The largest absolute Gasteiger partial charge is 0.365 e. The molecule has 3 N–H and O–H groups in total. The van der Waals surface area contributed by atoms with Crippen LogP contribution >= 0.6 is 15.9 Å². The third-order valence-corrected chi connectivity index (χ3v) is 2.55. The van der Waals surface area contributed by atoms with E-state index in [1.807, 2.05) is 18.2 Å². The van der Waals surface area contributed by atoms with Gasteiger partial charge in [0.1, 0.15) is 0 Å². The standard InChI is InChI=1S/C9H10BrN3O/c10-6-2-1-3-7-8(6)9(13-14-7)12-5-4-11/h1-3H,4-5,11H2,(H,12,13). The first kappa shape index (κ1) is 9.48. The summed E-state index contributed by atoms with van der Waals surface area (Å²) in [6.07, 6.45) is 0. The molecule has 14 heavy (non-hydrogen) atoms. The molecule has 2 rings (SSSR count). The van der Waals surface area contributed by atoms with Gasteiger partial charge >= 0.3 is 0 Å². The highest BCUT2D eigenvalue weighted by molar-refractivity contribution is 9.10. The van der Waals surface area contributed by atoms with E-state index in [4.69, 9.17) is 10.3 Å². The van der Waals surface area contributed by atoms with Gasteiger partial charge in [-0.1, -0.05) is 11.2 Å². The van der Waals surface area contributed by atoms with Gasteiger partial charge in [0.25, 0.3) is 0 Å². The Morgan fingerprint density at radius 1 is 1.50 bits per heavy atom. The molecule has 0 aliphatic heterocycles. The van der Waals surface area contributed by atoms with Crippen molar-refractivity contribution in [2.75, 3.05) is 18.4 Å². The van der Waals surface area contributed by atoms with Gasteiger partial charge in [0.05, 0.1) is 5.39 Å². The van der Waals surface area contributed by atoms with Crippen LogP contribution in [0.15, 0.2) is 27.2 Å². The van der Waals surface area contributed by atoms with Crippen molar-refractivity contribution in [1.29, 1.82) is 0 Å². The Morgan fingerprint density at radius 3 is 3.14 bits per heavy atom. The van der Waals surface area contributed by atoms with Gasteiger partial charge in [0, 0.05) is 17.6 Å². The number of aromatic nitrogens is 1. The zero-order valence-corrected chi connectivity index (χ0v) is 9.04. The smallest absolute Gasteiger partial charge is 0.178 e. The first-order valence-electron chi connectivity index (χ1n) is 4.31. The molecule has 0 saturated carbocycles. The molecule has 0 amide bonds. The zero-order valence-electron chi connectivity index (χ0n) is 7.46. The summed E-state index contributed by atoms with van der Waals surface area (Å²) < 4.78 is 6.11. The van der Waals surface area contributed by atoms with Gasteiger partial charge < -0.3 is 15.6 Å². The molecule has 74 valence electrons. The quantitative estimate of drug-likeness (QED) is 0.881. The van der Waals surface area contributed by atoms with Crippen LogP contribution in [0.1, 0.15) is 0 Å². The lowest BCUT2D eigenvalue weighted by molar-refractivity contribution is 0.459. The summed E-state index contributed by atoms with van der Waals surface area (Å²) in [4.78, 5) is 0. The average molecular weight is 256 g/mol. The maximum atomic E-state index is 5.39. The van der Waals surface area contributed by atoms with Gasteiger partial charge in [-0.2, -0.15) is 0 Å². The number of benzene rings is 1. The van der Waals surface area contributed by atoms with Gasteiger partial charge in [-0.15, -0.1) is 0 Å². The molecule has 1 heterocycles. The summed E-state index contributed by atoms with van der Waals surface area (Å²) in [5.41, 5.74) is 6.16. The number of hydrogen-bond donors (Lipinski definition) is 2. The van der Waals surface area contributed by atoms with Crippen LogP contribution in [0.3, 0.4) is 0 Å². The van der Waals surface area contributed by atoms with E-state index in [1.165, 1.54) is 0 Å². The van der Waals surface area contributed by atoms with Gasteiger partial charge in [0.15, 0.2) is 11.4 Å². The molecule has 1 aromatic heterocycles. The van der Waals surface area contributed by atoms with E-state index in [0.717, 1.165) is 21.3 Å². The van der Waals surface area contributed by atoms with Crippen LogP contribution in [0.4, 0.5) is 5.82 Å². The summed E-state index contributed by atoms with van der Waals surface area (Å²) in [6.45, 7) is 1.25. The van der Waals surface area contributed by atoms with Crippen LogP contribution < -0.4 is 11.1 Å². The molecule has 0 saturated heterocycles. The molecule has 0 unspecified atom stereocenters. The van der Waals surface area contributed by atoms with Crippen LogP contribution in [-0.2, 0) is 0 Å². The third-order valence-electron chi connectivity index (χ3n) is 1.88. The van der Waals surface area contributed by atoms with Crippen molar-refractivity contribution in [2.24, 2.45) is 5.73 Å². The fourth-order valence-corrected chi connectivity index (χ4v) is 1.80. The van der Waals surface area contributed by atoms with Crippen LogP contribution in [0.25, 0.3) is 11.0 Å². The Bertz CT molecular complexity index is 441. The number of halogens is 1. The maximum absolute atomic E-state index is 5.39. The van der Waals surface area contributed by atoms with Gasteiger partial charge in [-0.05, 0) is 28.1 Å². The van der Waals surface area contributed by atoms with Gasteiger partial charge in [-0.25, -0.2) is 0 Å². The lowest BCUT2D eigenvalue weighted by Crippen LogP contribution is -2.13. The minimum atomic E-state index is 0.568. The minimum Gasteiger partial charge on any atom is -0.365 e. The lowest BCUT2D eigenvalue weighted by atomic mass is 10.2. The van der Waals surface area contributed by atoms with E-state index in [1.54, 1.807) is 0 Å². The van der Waals surface area contributed by atoms with Crippen molar-refractivity contribution in [3.63, 3.8) is 0 Å². The highest BCUT2D eigenvalue weighted by Crippen LogP contribution is 2.29. The average Bonchev–Trinajstić information content (AvgIpc) is 2.59. The van der Waals surface area contributed by atoms with Crippen molar-refractivity contribution in [3.05, 3.63) is 22.7 Å². The highest BCUT2D eigenvalue weighted by atomic mass is 79.9. The first-order chi connectivity index (χ1) is 6.83. The number of nitrogens with zero attached hydrogens (tertiary/aromatic N) is 1. The predicted octanol–water partition coefficient (Wildman–Crippen LogP) is 1.96. The van der Waals surface area contributed by atoms with E-state index in [2.05, 4.69) is 26.4 Å². The van der Waals surface area contributed by atoms with Crippen LogP contribution in [0, 0.1) is 0 Å². The summed E-state index contributed by atoms with van der Waals surface area (Å²) >= 11 is 3.45. The molecule has 0 spiro atoms. The molecule has 5 heteroatoms. The summed E-state index contributed by atoms with van der Waals surface area (Å²) in [5, 5.41) is 7.98. The van der Waals surface area contributed by atoms with E-state index < -0.39 is 0 Å². The topological polar surface area (TPSA) is 64.1 Å².